The van der Waals surface area contributed by atoms with E-state index in [2.05, 4.69) is 20.8 Å². The molecule has 0 aliphatic carbocycles. The molecule has 0 unspecified atom stereocenters. The van der Waals surface area contributed by atoms with Crippen LogP contribution in [0.5, 0.6) is 0 Å². The van der Waals surface area contributed by atoms with Crippen molar-refractivity contribution in [1.82, 2.24) is 10.1 Å². The lowest BCUT2D eigenvalue weighted by molar-refractivity contribution is 0.0601. The van der Waals surface area contributed by atoms with Gasteiger partial charge in [0.05, 0.1) is 18.4 Å². The number of ether oxygens (including phenoxy) is 1. The third kappa shape index (κ3) is 3.86. The average Bonchev–Trinajstić information content (AvgIpc) is 3.06. The normalized spacial score (nSPS) is 10.2. The molecule has 3 rings (SSSR count). The summed E-state index contributed by atoms with van der Waals surface area (Å²) < 4.78 is 9.68. The topological polar surface area (TPSA) is 106 Å². The number of nitrogens with zero attached hydrogens (tertiary/aromatic N) is 2. The first-order valence-electron chi connectivity index (χ1n) is 7.72. The Morgan fingerprint density at radius 1 is 1.12 bits per heavy atom. The van der Waals surface area contributed by atoms with E-state index in [-0.39, 0.29) is 5.91 Å². The van der Waals surface area contributed by atoms with Crippen LogP contribution in [0.25, 0.3) is 0 Å². The highest BCUT2D eigenvalue weighted by Crippen LogP contribution is 2.21. The number of carbonyl (C=O) groups is 2. The Morgan fingerprint density at radius 2 is 1.92 bits per heavy atom. The number of para-hydroxylation sites is 1. The average molecular weight is 352 g/mol. The standard InChI is InChI=1S/C18H16N4O4/c1-11-9-16(22-26-11)21-17(23)12-7-8-19-15(10-12)20-14-6-4-3-5-13(14)18(24)25-2/h3-10H,1-2H3,(H,19,20)(H,21,22,23). The van der Waals surface area contributed by atoms with Crippen molar-refractivity contribution in [3.8, 4) is 0 Å². The minimum Gasteiger partial charge on any atom is -0.465 e. The number of aromatic nitrogens is 2. The van der Waals surface area contributed by atoms with Crippen molar-refractivity contribution < 1.29 is 18.8 Å². The van der Waals surface area contributed by atoms with E-state index in [0.717, 1.165) is 0 Å². The number of carbonyl (C=O) groups excluding carboxylic acids is 2. The Morgan fingerprint density at radius 3 is 2.65 bits per heavy atom. The molecular formula is C18H16N4O4. The van der Waals surface area contributed by atoms with Crippen LogP contribution in [0.4, 0.5) is 17.3 Å². The van der Waals surface area contributed by atoms with Gasteiger partial charge in [-0.25, -0.2) is 9.78 Å². The number of benzene rings is 1. The zero-order chi connectivity index (χ0) is 18.5. The minimum absolute atomic E-state index is 0.329. The SMILES string of the molecule is COC(=O)c1ccccc1Nc1cc(C(=O)Nc2cc(C)on2)ccn1. The van der Waals surface area contributed by atoms with E-state index in [0.29, 0.717) is 34.2 Å². The zero-order valence-corrected chi connectivity index (χ0v) is 14.1. The molecule has 0 saturated carbocycles. The fraction of sp³-hybridized carbons (Fsp3) is 0.111. The quantitative estimate of drug-likeness (QED) is 0.679. The Bertz CT molecular complexity index is 952. The van der Waals surface area contributed by atoms with Crippen LogP contribution in [0, 0.1) is 6.92 Å². The van der Waals surface area contributed by atoms with E-state index in [1.807, 2.05) is 0 Å². The van der Waals surface area contributed by atoms with E-state index in [9.17, 15) is 9.59 Å². The predicted molar refractivity (Wildman–Crippen MR) is 94.5 cm³/mol. The van der Waals surface area contributed by atoms with E-state index >= 15 is 0 Å². The fourth-order valence-electron chi connectivity index (χ4n) is 2.27. The molecule has 0 fully saturated rings. The Balaban J connectivity index is 1.80. The monoisotopic (exact) mass is 352 g/mol. The molecule has 8 heteroatoms. The van der Waals surface area contributed by atoms with Crippen molar-refractivity contribution in [2.45, 2.75) is 6.92 Å². The third-order valence-electron chi connectivity index (χ3n) is 3.49. The molecule has 1 aromatic carbocycles. The lowest BCUT2D eigenvalue weighted by Gasteiger charge is -2.10. The largest absolute Gasteiger partial charge is 0.465 e. The van der Waals surface area contributed by atoms with Crippen LogP contribution in [-0.4, -0.2) is 29.1 Å². The number of amides is 1. The molecule has 0 radical (unpaired) electrons. The van der Waals surface area contributed by atoms with Gasteiger partial charge in [0.25, 0.3) is 5.91 Å². The summed E-state index contributed by atoms with van der Waals surface area (Å²) in [4.78, 5) is 28.3. The van der Waals surface area contributed by atoms with Crippen molar-refractivity contribution >= 4 is 29.2 Å². The van der Waals surface area contributed by atoms with Gasteiger partial charge in [0, 0.05) is 17.8 Å². The number of rotatable bonds is 5. The lowest BCUT2D eigenvalue weighted by atomic mass is 10.1. The molecule has 0 aliphatic heterocycles. The summed E-state index contributed by atoms with van der Waals surface area (Å²) in [5, 5.41) is 9.38. The van der Waals surface area contributed by atoms with Gasteiger partial charge in [-0.15, -0.1) is 0 Å². The molecule has 1 amide bonds. The van der Waals surface area contributed by atoms with Gasteiger partial charge in [0.1, 0.15) is 11.6 Å². The van der Waals surface area contributed by atoms with Crippen LogP contribution in [0.1, 0.15) is 26.5 Å². The number of hydrogen-bond donors (Lipinski definition) is 2. The molecule has 2 heterocycles. The number of hydrogen-bond acceptors (Lipinski definition) is 7. The van der Waals surface area contributed by atoms with Gasteiger partial charge >= 0.3 is 5.97 Å². The van der Waals surface area contributed by atoms with Gasteiger partial charge in [-0.3, -0.25) is 4.79 Å². The first-order chi connectivity index (χ1) is 12.6. The van der Waals surface area contributed by atoms with E-state index in [1.165, 1.54) is 13.3 Å². The van der Waals surface area contributed by atoms with Crippen LogP contribution in [0.3, 0.4) is 0 Å². The van der Waals surface area contributed by atoms with Crippen LogP contribution in [0.15, 0.2) is 53.2 Å². The predicted octanol–water partition coefficient (Wildman–Crippen LogP) is 3.16. The van der Waals surface area contributed by atoms with Crippen molar-refractivity contribution in [2.24, 2.45) is 0 Å². The first kappa shape index (κ1) is 17.2. The van der Waals surface area contributed by atoms with Crippen molar-refractivity contribution in [3.05, 3.63) is 65.5 Å². The summed E-state index contributed by atoms with van der Waals surface area (Å²) in [5.41, 5.74) is 1.26. The van der Waals surface area contributed by atoms with Gasteiger partial charge in [-0.1, -0.05) is 17.3 Å². The van der Waals surface area contributed by atoms with Crippen molar-refractivity contribution in [2.75, 3.05) is 17.7 Å². The second kappa shape index (κ2) is 7.47. The molecular weight excluding hydrogens is 336 g/mol. The summed E-state index contributed by atoms with van der Waals surface area (Å²) in [6.07, 6.45) is 1.49. The molecule has 8 nitrogen and oxygen atoms in total. The van der Waals surface area contributed by atoms with E-state index in [1.54, 1.807) is 49.4 Å². The van der Waals surface area contributed by atoms with Gasteiger partial charge in [-0.2, -0.15) is 0 Å². The lowest BCUT2D eigenvalue weighted by Crippen LogP contribution is -2.13. The highest BCUT2D eigenvalue weighted by Gasteiger charge is 2.13. The highest BCUT2D eigenvalue weighted by molar-refractivity contribution is 6.04. The van der Waals surface area contributed by atoms with Crippen molar-refractivity contribution in [1.29, 1.82) is 0 Å². The smallest absolute Gasteiger partial charge is 0.339 e. The summed E-state index contributed by atoms with van der Waals surface area (Å²) in [7, 11) is 1.31. The number of methoxy groups -OCH3 is 1. The molecule has 132 valence electrons. The summed E-state index contributed by atoms with van der Waals surface area (Å²) in [6, 6.07) is 11.6. The van der Waals surface area contributed by atoms with Crippen LogP contribution in [-0.2, 0) is 4.74 Å². The molecule has 0 saturated heterocycles. The summed E-state index contributed by atoms with van der Waals surface area (Å²) >= 11 is 0. The Labute approximate surface area is 149 Å². The van der Waals surface area contributed by atoms with Gasteiger partial charge in [0.2, 0.25) is 0 Å². The summed E-state index contributed by atoms with van der Waals surface area (Å²) in [5.74, 6) is 0.505. The molecule has 2 aromatic heterocycles. The molecule has 3 aromatic rings. The van der Waals surface area contributed by atoms with Crippen molar-refractivity contribution in [3.63, 3.8) is 0 Å². The number of anilines is 3. The number of nitrogens with one attached hydrogen (secondary N) is 2. The fourth-order valence-corrected chi connectivity index (χ4v) is 2.27. The second-order valence-corrected chi connectivity index (χ2v) is 5.37. The summed E-state index contributed by atoms with van der Waals surface area (Å²) in [6.45, 7) is 1.73. The van der Waals surface area contributed by atoms with Crippen LogP contribution >= 0.6 is 0 Å². The molecule has 0 spiro atoms. The molecule has 2 N–H and O–H groups in total. The number of esters is 1. The third-order valence-corrected chi connectivity index (χ3v) is 3.49. The number of aryl methyl sites for hydroxylation is 1. The molecule has 26 heavy (non-hydrogen) atoms. The second-order valence-electron chi connectivity index (χ2n) is 5.37. The maximum absolute atomic E-state index is 12.3. The van der Waals surface area contributed by atoms with E-state index < -0.39 is 5.97 Å². The highest BCUT2D eigenvalue weighted by atomic mass is 16.5. The Kier molecular flexibility index (Phi) is 4.93. The number of pyridine rings is 1. The zero-order valence-electron chi connectivity index (χ0n) is 14.1. The van der Waals surface area contributed by atoms with Gasteiger partial charge < -0.3 is 19.9 Å². The first-order valence-corrected chi connectivity index (χ1v) is 7.72. The van der Waals surface area contributed by atoms with E-state index in [4.69, 9.17) is 9.26 Å². The van der Waals surface area contributed by atoms with Gasteiger partial charge in [-0.05, 0) is 31.2 Å². The van der Waals surface area contributed by atoms with Gasteiger partial charge in [0.15, 0.2) is 5.82 Å². The Hall–Kier alpha value is -3.68. The molecule has 0 aliphatic rings. The maximum atomic E-state index is 12.3. The molecule has 0 atom stereocenters. The minimum atomic E-state index is -0.469. The maximum Gasteiger partial charge on any atom is 0.339 e. The van der Waals surface area contributed by atoms with Crippen LogP contribution < -0.4 is 10.6 Å². The van der Waals surface area contributed by atoms with Crippen LogP contribution in [0.2, 0.25) is 0 Å². The molecule has 0 bridgehead atoms.